The van der Waals surface area contributed by atoms with Crippen molar-refractivity contribution in [2.75, 3.05) is 11.1 Å². The number of carbonyl (C=O) groups is 1. The molecule has 4 aromatic rings. The predicted octanol–water partition coefficient (Wildman–Crippen LogP) is 6.59. The van der Waals surface area contributed by atoms with Crippen molar-refractivity contribution >= 4 is 33.5 Å². The largest absolute Gasteiger partial charge is 0.457 e. The van der Waals surface area contributed by atoms with E-state index in [0.717, 1.165) is 22.6 Å². The van der Waals surface area contributed by atoms with Crippen molar-refractivity contribution in [2.24, 2.45) is 0 Å². The van der Waals surface area contributed by atoms with Gasteiger partial charge in [0.25, 0.3) is 0 Å². The maximum atomic E-state index is 13.1. The molecule has 0 radical (unpaired) electrons. The van der Waals surface area contributed by atoms with E-state index in [1.54, 1.807) is 6.07 Å². The number of hydrogen-bond donors (Lipinski definition) is 2. The number of nitrogens with one attached hydrogen (secondary N) is 1. The molecule has 0 aliphatic rings. The highest BCUT2D eigenvalue weighted by Crippen LogP contribution is 2.39. The van der Waals surface area contributed by atoms with Crippen LogP contribution in [0.25, 0.3) is 0 Å². The first-order valence-electron chi connectivity index (χ1n) is 10.0. The van der Waals surface area contributed by atoms with Crippen LogP contribution >= 0.6 is 11.3 Å². The summed E-state index contributed by atoms with van der Waals surface area (Å²) in [6, 6.07) is 24.7. The summed E-state index contributed by atoms with van der Waals surface area (Å²) in [5.41, 5.74) is 9.98. The van der Waals surface area contributed by atoms with Crippen LogP contribution in [0.1, 0.15) is 31.9 Å². The molecule has 6 heteroatoms. The van der Waals surface area contributed by atoms with Crippen LogP contribution in [-0.4, -0.2) is 5.78 Å². The van der Waals surface area contributed by atoms with Crippen LogP contribution in [0.5, 0.6) is 11.5 Å². The van der Waals surface area contributed by atoms with Crippen molar-refractivity contribution in [1.29, 1.82) is 5.26 Å². The molecule has 0 bridgehead atoms. The van der Waals surface area contributed by atoms with Gasteiger partial charge in [0.05, 0.1) is 5.69 Å². The number of hydrogen-bond acceptors (Lipinski definition) is 6. The number of anilines is 3. The van der Waals surface area contributed by atoms with Gasteiger partial charge in [-0.2, -0.15) is 5.26 Å². The van der Waals surface area contributed by atoms with E-state index in [1.807, 2.05) is 80.6 Å². The number of nitrogens with zero attached hydrogens (tertiary/aromatic N) is 1. The first kappa shape index (κ1) is 21.2. The van der Waals surface area contributed by atoms with Crippen molar-refractivity contribution in [3.63, 3.8) is 0 Å². The van der Waals surface area contributed by atoms with E-state index in [1.165, 1.54) is 11.3 Å². The quantitative estimate of drug-likeness (QED) is 0.331. The molecule has 0 aliphatic heterocycles. The van der Waals surface area contributed by atoms with Crippen LogP contribution < -0.4 is 15.8 Å². The van der Waals surface area contributed by atoms with Crippen LogP contribution in [0.3, 0.4) is 0 Å². The zero-order valence-corrected chi connectivity index (χ0v) is 18.5. The first-order valence-corrected chi connectivity index (χ1v) is 10.8. The monoisotopic (exact) mass is 439 g/mol. The molecular weight excluding hydrogens is 418 g/mol. The fourth-order valence-corrected chi connectivity index (χ4v) is 4.41. The number of ketones is 1. The molecule has 0 atom stereocenters. The third kappa shape index (κ3) is 4.34. The molecule has 0 unspecified atom stereocenters. The van der Waals surface area contributed by atoms with Gasteiger partial charge in [-0.1, -0.05) is 42.0 Å². The van der Waals surface area contributed by atoms with Crippen molar-refractivity contribution < 1.29 is 9.53 Å². The molecule has 3 aromatic carbocycles. The Bertz CT molecular complexity index is 1320. The van der Waals surface area contributed by atoms with Crippen molar-refractivity contribution in [3.8, 4) is 17.6 Å². The summed E-state index contributed by atoms with van der Waals surface area (Å²) < 4.78 is 5.81. The molecule has 5 nitrogen and oxygen atoms in total. The second-order valence-electron chi connectivity index (χ2n) is 7.37. The van der Waals surface area contributed by atoms with Gasteiger partial charge in [0.1, 0.15) is 33.0 Å². The Labute approximate surface area is 190 Å². The van der Waals surface area contributed by atoms with E-state index in [-0.39, 0.29) is 17.0 Å². The first-order chi connectivity index (χ1) is 15.5. The van der Waals surface area contributed by atoms with Gasteiger partial charge in [0.15, 0.2) is 0 Å². The van der Waals surface area contributed by atoms with E-state index >= 15 is 0 Å². The summed E-state index contributed by atoms with van der Waals surface area (Å²) in [5, 5.41) is 13.4. The van der Waals surface area contributed by atoms with Crippen LogP contribution in [0, 0.1) is 25.2 Å². The lowest BCUT2D eigenvalue weighted by atomic mass is 10.0. The fraction of sp³-hybridized carbons (Fsp3) is 0.0769. The normalized spacial score (nSPS) is 10.4. The minimum absolute atomic E-state index is 0.179. The molecule has 0 aliphatic carbocycles. The second kappa shape index (κ2) is 8.96. The van der Waals surface area contributed by atoms with Gasteiger partial charge < -0.3 is 15.8 Å². The number of nitriles is 1. The van der Waals surface area contributed by atoms with E-state index in [9.17, 15) is 10.1 Å². The van der Waals surface area contributed by atoms with Crippen LogP contribution in [0.2, 0.25) is 0 Å². The highest BCUT2D eigenvalue weighted by Gasteiger charge is 2.23. The molecule has 0 saturated carbocycles. The Kier molecular flexibility index (Phi) is 5.93. The zero-order chi connectivity index (χ0) is 22.7. The smallest absolute Gasteiger partial charge is 0.205 e. The number of carbonyl (C=O) groups excluding carboxylic acids is 1. The molecule has 0 amide bonds. The summed E-state index contributed by atoms with van der Waals surface area (Å²) in [4.78, 5) is 13.5. The minimum Gasteiger partial charge on any atom is -0.457 e. The molecule has 0 spiro atoms. The summed E-state index contributed by atoms with van der Waals surface area (Å²) in [7, 11) is 0. The number of aryl methyl sites for hydroxylation is 2. The van der Waals surface area contributed by atoms with Crippen molar-refractivity contribution in [2.45, 2.75) is 13.8 Å². The van der Waals surface area contributed by atoms with Gasteiger partial charge in [-0.05, 0) is 55.8 Å². The van der Waals surface area contributed by atoms with Crippen LogP contribution in [0.4, 0.5) is 16.4 Å². The summed E-state index contributed by atoms with van der Waals surface area (Å²) in [6.07, 6.45) is 0. The third-order valence-corrected chi connectivity index (χ3v) is 6.10. The fourth-order valence-electron chi connectivity index (χ4n) is 3.36. The van der Waals surface area contributed by atoms with Crippen molar-refractivity contribution in [3.05, 3.63) is 99.9 Å². The van der Waals surface area contributed by atoms with E-state index in [2.05, 4.69) is 11.4 Å². The molecule has 1 heterocycles. The van der Waals surface area contributed by atoms with Gasteiger partial charge in [-0.15, -0.1) is 11.3 Å². The Hall–Kier alpha value is -4.08. The highest BCUT2D eigenvalue weighted by atomic mass is 32.1. The molecule has 4 rings (SSSR count). The molecule has 1 aromatic heterocycles. The number of nitrogens with two attached hydrogens (primary N) is 1. The van der Waals surface area contributed by atoms with Gasteiger partial charge in [0, 0.05) is 11.3 Å². The summed E-state index contributed by atoms with van der Waals surface area (Å²) in [5.74, 6) is 1.26. The summed E-state index contributed by atoms with van der Waals surface area (Å²) in [6.45, 7) is 3.88. The van der Waals surface area contributed by atoms with Gasteiger partial charge in [-0.3, -0.25) is 4.79 Å². The Morgan fingerprint density at radius 2 is 1.69 bits per heavy atom. The maximum absolute atomic E-state index is 13.1. The topological polar surface area (TPSA) is 88.1 Å². The van der Waals surface area contributed by atoms with E-state index in [0.29, 0.717) is 21.2 Å². The van der Waals surface area contributed by atoms with E-state index < -0.39 is 0 Å². The molecule has 0 saturated heterocycles. The standard InChI is InChI=1S/C26H21N3O2S/c1-16-8-13-21(17(2)14-16)24(30)25-23(28)22(15-27)26(32-25)29-18-9-11-20(12-10-18)31-19-6-4-3-5-7-19/h3-14,29H,28H2,1-2H3. The Morgan fingerprint density at radius 3 is 2.34 bits per heavy atom. The number of nitrogen functional groups attached to an aromatic ring is 1. The van der Waals surface area contributed by atoms with Gasteiger partial charge in [0.2, 0.25) is 5.78 Å². The lowest BCUT2D eigenvalue weighted by molar-refractivity contribution is 0.104. The van der Waals surface area contributed by atoms with Gasteiger partial charge in [-0.25, -0.2) is 0 Å². The average Bonchev–Trinajstić information content (AvgIpc) is 3.10. The number of thiophene rings is 1. The minimum atomic E-state index is -0.179. The van der Waals surface area contributed by atoms with Crippen molar-refractivity contribution in [1.82, 2.24) is 0 Å². The predicted molar refractivity (Wildman–Crippen MR) is 129 cm³/mol. The van der Waals surface area contributed by atoms with E-state index in [4.69, 9.17) is 10.5 Å². The third-order valence-electron chi connectivity index (χ3n) is 4.98. The number of ether oxygens (including phenoxy) is 1. The molecule has 158 valence electrons. The molecular formula is C26H21N3O2S. The maximum Gasteiger partial charge on any atom is 0.205 e. The Morgan fingerprint density at radius 1 is 1.00 bits per heavy atom. The SMILES string of the molecule is Cc1ccc(C(=O)c2sc(Nc3ccc(Oc4ccccc4)cc3)c(C#N)c2N)c(C)c1. The molecule has 32 heavy (non-hydrogen) atoms. The number of benzene rings is 3. The lowest BCUT2D eigenvalue weighted by Gasteiger charge is -2.08. The number of para-hydroxylation sites is 1. The van der Waals surface area contributed by atoms with Gasteiger partial charge >= 0.3 is 0 Å². The van der Waals surface area contributed by atoms with Crippen LogP contribution in [-0.2, 0) is 0 Å². The molecule has 3 N–H and O–H groups in total. The Balaban J connectivity index is 1.58. The average molecular weight is 440 g/mol. The van der Waals surface area contributed by atoms with Crippen LogP contribution in [0.15, 0.2) is 72.8 Å². The highest BCUT2D eigenvalue weighted by molar-refractivity contribution is 7.19. The zero-order valence-electron chi connectivity index (χ0n) is 17.7. The number of rotatable bonds is 6. The lowest BCUT2D eigenvalue weighted by Crippen LogP contribution is -2.05. The second-order valence-corrected chi connectivity index (χ2v) is 8.39. The molecule has 0 fully saturated rings. The summed E-state index contributed by atoms with van der Waals surface area (Å²) >= 11 is 1.19.